The zero-order valence-electron chi connectivity index (χ0n) is 9.92. The average molecular weight is 260 g/mol. The summed E-state index contributed by atoms with van der Waals surface area (Å²) in [5, 5.41) is 13.7. The van der Waals surface area contributed by atoms with Crippen LogP contribution in [-0.2, 0) is 9.59 Å². The van der Waals surface area contributed by atoms with Crippen LogP contribution >= 0.6 is 0 Å². The minimum absolute atomic E-state index is 0.215. The first kappa shape index (κ1) is 13.0. The van der Waals surface area contributed by atoms with Crippen LogP contribution < -0.4 is 10.6 Å². The van der Waals surface area contributed by atoms with E-state index >= 15 is 0 Å². The highest BCUT2D eigenvalue weighted by Crippen LogP contribution is 2.16. The van der Waals surface area contributed by atoms with Crippen molar-refractivity contribution in [3.05, 3.63) is 42.0 Å². The summed E-state index contributed by atoms with van der Waals surface area (Å²) < 4.78 is 0. The van der Waals surface area contributed by atoms with Crippen LogP contribution in [0, 0.1) is 0 Å². The lowest BCUT2D eigenvalue weighted by molar-refractivity contribution is -0.154. The Morgan fingerprint density at radius 2 is 1.63 bits per heavy atom. The summed E-state index contributed by atoms with van der Waals surface area (Å²) in [6.45, 7) is 0. The van der Waals surface area contributed by atoms with E-state index in [2.05, 4.69) is 0 Å². The molecule has 1 aliphatic rings. The largest absolute Gasteiger partial charge is 0.371 e. The van der Waals surface area contributed by atoms with Crippen LogP contribution in [0.3, 0.4) is 0 Å². The Kier molecular flexibility index (Phi) is 3.43. The van der Waals surface area contributed by atoms with Gasteiger partial charge in [0.15, 0.2) is 0 Å². The summed E-state index contributed by atoms with van der Waals surface area (Å²) in [7, 11) is 0. The molecule has 4 amide bonds. The van der Waals surface area contributed by atoms with E-state index in [1.54, 1.807) is 6.08 Å². The quantitative estimate of drug-likeness (QED) is 0.676. The van der Waals surface area contributed by atoms with Gasteiger partial charge in [-0.25, -0.2) is 4.79 Å². The fraction of sp³-hybridized carbons (Fsp3) is 0.154. The number of carbonyl (C=O) groups is 3. The van der Waals surface area contributed by atoms with Crippen LogP contribution in [0.15, 0.2) is 36.4 Å². The predicted molar refractivity (Wildman–Crippen MR) is 66.7 cm³/mol. The van der Waals surface area contributed by atoms with Crippen molar-refractivity contribution < 1.29 is 19.5 Å². The Balaban J connectivity index is 2.09. The first-order valence-electron chi connectivity index (χ1n) is 5.63. The number of aliphatic hydroxyl groups is 1. The lowest BCUT2D eigenvalue weighted by Gasteiger charge is -2.27. The van der Waals surface area contributed by atoms with Crippen molar-refractivity contribution in [1.29, 1.82) is 0 Å². The van der Waals surface area contributed by atoms with Crippen molar-refractivity contribution in [1.82, 2.24) is 10.6 Å². The van der Waals surface area contributed by atoms with Crippen LogP contribution in [0.25, 0.3) is 6.08 Å². The van der Waals surface area contributed by atoms with Gasteiger partial charge in [0.2, 0.25) is 5.60 Å². The second-order valence-electron chi connectivity index (χ2n) is 4.11. The van der Waals surface area contributed by atoms with E-state index in [4.69, 9.17) is 0 Å². The molecule has 6 heteroatoms. The topological polar surface area (TPSA) is 95.5 Å². The van der Waals surface area contributed by atoms with E-state index in [0.717, 1.165) is 5.56 Å². The Bertz CT molecular complexity index is 531. The van der Waals surface area contributed by atoms with Gasteiger partial charge >= 0.3 is 6.03 Å². The summed E-state index contributed by atoms with van der Waals surface area (Å²) >= 11 is 0. The molecule has 98 valence electrons. The number of nitrogens with one attached hydrogen (secondary N) is 2. The Labute approximate surface area is 109 Å². The first-order chi connectivity index (χ1) is 9.02. The van der Waals surface area contributed by atoms with Gasteiger partial charge in [0.1, 0.15) is 0 Å². The molecule has 1 aliphatic heterocycles. The normalized spacial score (nSPS) is 18.3. The SMILES string of the molecule is O=C1NC(=O)C(O)(C/C=C\c2ccccc2)C(=O)N1. The molecule has 0 radical (unpaired) electrons. The summed E-state index contributed by atoms with van der Waals surface area (Å²) in [4.78, 5) is 33.9. The smallest absolute Gasteiger partial charge is 0.328 e. The maximum absolute atomic E-state index is 11.5. The van der Waals surface area contributed by atoms with Crippen molar-refractivity contribution in [2.24, 2.45) is 0 Å². The van der Waals surface area contributed by atoms with Gasteiger partial charge in [0.25, 0.3) is 11.8 Å². The van der Waals surface area contributed by atoms with Crippen molar-refractivity contribution in [3.63, 3.8) is 0 Å². The average Bonchev–Trinajstić information content (AvgIpc) is 2.37. The lowest BCUT2D eigenvalue weighted by Crippen LogP contribution is -2.66. The summed E-state index contributed by atoms with van der Waals surface area (Å²) in [6, 6.07) is 8.29. The minimum Gasteiger partial charge on any atom is -0.371 e. The van der Waals surface area contributed by atoms with E-state index in [0.29, 0.717) is 0 Å². The molecule has 0 spiro atoms. The van der Waals surface area contributed by atoms with E-state index in [1.807, 2.05) is 41.0 Å². The number of imide groups is 2. The monoisotopic (exact) mass is 260 g/mol. The second kappa shape index (κ2) is 5.03. The van der Waals surface area contributed by atoms with Gasteiger partial charge in [-0.3, -0.25) is 20.2 Å². The third-order valence-corrected chi connectivity index (χ3v) is 2.73. The first-order valence-corrected chi connectivity index (χ1v) is 5.63. The molecule has 0 atom stereocenters. The van der Waals surface area contributed by atoms with Gasteiger partial charge in [0, 0.05) is 6.42 Å². The number of barbiturate groups is 1. The van der Waals surface area contributed by atoms with Crippen molar-refractivity contribution in [3.8, 4) is 0 Å². The Morgan fingerprint density at radius 1 is 1.05 bits per heavy atom. The molecular formula is C13H12N2O4. The molecule has 1 aromatic rings. The van der Waals surface area contributed by atoms with Crippen LogP contribution in [0.1, 0.15) is 12.0 Å². The van der Waals surface area contributed by atoms with Crippen LogP contribution in [-0.4, -0.2) is 28.6 Å². The molecule has 2 rings (SSSR count). The van der Waals surface area contributed by atoms with Crippen LogP contribution in [0.2, 0.25) is 0 Å². The number of rotatable bonds is 3. The van der Waals surface area contributed by atoms with Gasteiger partial charge in [-0.2, -0.15) is 0 Å². The standard InChI is InChI=1S/C13H12N2O4/c16-10-13(19,11(17)15-12(18)14-10)8-4-7-9-5-2-1-3-6-9/h1-7,19H,8H2,(H2,14,15,16,17,18)/b7-4-. The van der Waals surface area contributed by atoms with Crippen molar-refractivity contribution in [2.45, 2.75) is 12.0 Å². The molecule has 1 saturated heterocycles. The van der Waals surface area contributed by atoms with Crippen molar-refractivity contribution in [2.75, 3.05) is 0 Å². The molecule has 6 nitrogen and oxygen atoms in total. The van der Waals surface area contributed by atoms with E-state index in [-0.39, 0.29) is 6.42 Å². The fourth-order valence-electron chi connectivity index (χ4n) is 1.66. The van der Waals surface area contributed by atoms with Gasteiger partial charge < -0.3 is 5.11 Å². The number of benzene rings is 1. The molecule has 1 aromatic carbocycles. The summed E-state index contributed by atoms with van der Waals surface area (Å²) in [5.74, 6) is -2.03. The summed E-state index contributed by atoms with van der Waals surface area (Å²) in [5.41, 5.74) is -1.38. The zero-order chi connectivity index (χ0) is 13.9. The molecule has 3 N–H and O–H groups in total. The molecule has 0 saturated carbocycles. The number of hydrogen-bond acceptors (Lipinski definition) is 4. The Morgan fingerprint density at radius 3 is 2.21 bits per heavy atom. The fourth-order valence-corrected chi connectivity index (χ4v) is 1.66. The molecule has 1 heterocycles. The summed E-state index contributed by atoms with van der Waals surface area (Å²) in [6.07, 6.45) is 2.96. The zero-order valence-corrected chi connectivity index (χ0v) is 9.92. The van der Waals surface area contributed by atoms with E-state index in [1.165, 1.54) is 6.08 Å². The predicted octanol–water partition coefficient (Wildman–Crippen LogP) is 0.187. The highest BCUT2D eigenvalue weighted by atomic mass is 16.3. The van der Waals surface area contributed by atoms with Crippen molar-refractivity contribution >= 4 is 23.9 Å². The third kappa shape index (κ3) is 2.69. The third-order valence-electron chi connectivity index (χ3n) is 2.73. The molecule has 0 aromatic heterocycles. The molecule has 0 unspecified atom stereocenters. The molecule has 19 heavy (non-hydrogen) atoms. The molecular weight excluding hydrogens is 248 g/mol. The highest BCUT2D eigenvalue weighted by Gasteiger charge is 2.47. The number of amides is 4. The van der Waals surface area contributed by atoms with Gasteiger partial charge in [-0.05, 0) is 5.56 Å². The van der Waals surface area contributed by atoms with Gasteiger partial charge in [0.05, 0.1) is 0 Å². The van der Waals surface area contributed by atoms with Crippen LogP contribution in [0.5, 0.6) is 0 Å². The van der Waals surface area contributed by atoms with E-state index in [9.17, 15) is 19.5 Å². The highest BCUT2D eigenvalue weighted by molar-refractivity contribution is 6.21. The maximum Gasteiger partial charge on any atom is 0.328 e. The number of hydrogen-bond donors (Lipinski definition) is 3. The Hall–Kier alpha value is -2.47. The molecule has 0 bridgehead atoms. The minimum atomic E-state index is -2.25. The lowest BCUT2D eigenvalue weighted by atomic mass is 9.95. The maximum atomic E-state index is 11.5. The van der Waals surface area contributed by atoms with Gasteiger partial charge in [-0.1, -0.05) is 42.5 Å². The van der Waals surface area contributed by atoms with E-state index < -0.39 is 23.4 Å². The van der Waals surface area contributed by atoms with Gasteiger partial charge in [-0.15, -0.1) is 0 Å². The molecule has 1 fully saturated rings. The second-order valence-corrected chi connectivity index (χ2v) is 4.11. The molecule has 0 aliphatic carbocycles. The number of urea groups is 1. The van der Waals surface area contributed by atoms with Crippen LogP contribution in [0.4, 0.5) is 4.79 Å². The number of carbonyl (C=O) groups excluding carboxylic acids is 3.